The molecule has 0 unspecified atom stereocenters. The monoisotopic (exact) mass is 492 g/mol. The zero-order valence-corrected chi connectivity index (χ0v) is 19.3. The molecule has 186 valence electrons. The van der Waals surface area contributed by atoms with Gasteiger partial charge < -0.3 is 25.0 Å². The molecule has 0 saturated carbocycles. The van der Waals surface area contributed by atoms with E-state index in [1.165, 1.54) is 6.07 Å². The lowest BCUT2D eigenvalue weighted by molar-refractivity contribution is -0.137. The molecule has 36 heavy (non-hydrogen) atoms. The predicted octanol–water partition coefficient (Wildman–Crippen LogP) is 4.29. The Bertz CT molecular complexity index is 1230. The predicted molar refractivity (Wildman–Crippen MR) is 130 cm³/mol. The molecule has 0 radical (unpaired) electrons. The minimum absolute atomic E-state index is 0.0599. The van der Waals surface area contributed by atoms with Gasteiger partial charge in [0.05, 0.1) is 24.5 Å². The van der Waals surface area contributed by atoms with Gasteiger partial charge in [-0.05, 0) is 55.0 Å². The third-order valence-electron chi connectivity index (χ3n) is 4.73. The van der Waals surface area contributed by atoms with Gasteiger partial charge in [-0.3, -0.25) is 9.59 Å². The van der Waals surface area contributed by atoms with Crippen molar-refractivity contribution in [2.45, 2.75) is 12.8 Å². The normalized spacial score (nSPS) is 11.1. The zero-order chi connectivity index (χ0) is 26.5. The quantitative estimate of drug-likeness (QED) is 0.140. The van der Waals surface area contributed by atoms with Crippen molar-refractivity contribution in [2.75, 3.05) is 19.8 Å². The molecule has 10 heteroatoms. The fraction of sp³-hybridized carbons (Fsp3) is 0.192. The Labute approximate surface area is 208 Å². The van der Waals surface area contributed by atoms with E-state index >= 15 is 0 Å². The number of nitrogens with zero attached hydrogens (tertiary/aromatic N) is 2. The van der Waals surface area contributed by atoms with Crippen LogP contribution in [0.1, 0.15) is 33.6 Å². The van der Waals surface area contributed by atoms with Gasteiger partial charge in [0.15, 0.2) is 5.75 Å². The van der Waals surface area contributed by atoms with Crippen molar-refractivity contribution in [1.82, 2.24) is 5.32 Å². The van der Waals surface area contributed by atoms with Crippen LogP contribution in [0.2, 0.25) is 0 Å². The van der Waals surface area contributed by atoms with Gasteiger partial charge in [0.2, 0.25) is 1.43 Å². The number of rotatable bonds is 13. The highest BCUT2D eigenvalue weighted by Gasteiger charge is 2.12. The summed E-state index contributed by atoms with van der Waals surface area (Å²) in [4.78, 5) is 35.2. The van der Waals surface area contributed by atoms with E-state index in [0.29, 0.717) is 22.5 Å². The van der Waals surface area contributed by atoms with E-state index in [-0.39, 0.29) is 50.0 Å². The second kappa shape index (κ2) is 13.4. The second-order valence-corrected chi connectivity index (χ2v) is 7.44. The Morgan fingerprint density at radius 3 is 2.44 bits per heavy atom. The molecular formula is C26H25N3O7. The fourth-order valence-corrected chi connectivity index (χ4v) is 2.96. The number of aliphatic hydroxyl groups excluding tert-OH is 1. The molecule has 0 atom stereocenters. The first kappa shape index (κ1) is 24.6. The number of hydrogen-bond acceptors (Lipinski definition) is 8. The number of benzene rings is 3. The first-order valence-corrected chi connectivity index (χ1v) is 11.1. The van der Waals surface area contributed by atoms with Crippen molar-refractivity contribution in [3.8, 4) is 11.5 Å². The Hall–Kier alpha value is -4.57. The SMILES string of the molecule is [2H]OCCNC(=O)c1ccc(N=Nc2ccc(OC(=O)c3ccccc3)cc2OCCCC(=O)O)cc1. The Morgan fingerprint density at radius 2 is 1.72 bits per heavy atom. The molecule has 1 amide bonds. The molecule has 0 heterocycles. The maximum Gasteiger partial charge on any atom is 0.343 e. The summed E-state index contributed by atoms with van der Waals surface area (Å²) >= 11 is 0. The molecular weight excluding hydrogens is 466 g/mol. The van der Waals surface area contributed by atoms with Crippen LogP contribution < -0.4 is 14.8 Å². The second-order valence-electron chi connectivity index (χ2n) is 7.44. The Balaban J connectivity index is 1.73. The summed E-state index contributed by atoms with van der Waals surface area (Å²) < 4.78 is 17.8. The summed E-state index contributed by atoms with van der Waals surface area (Å²) in [7, 11) is 0. The van der Waals surface area contributed by atoms with Crippen molar-refractivity contribution in [3.05, 3.63) is 83.9 Å². The van der Waals surface area contributed by atoms with Crippen LogP contribution in [0.15, 0.2) is 83.0 Å². The minimum Gasteiger partial charge on any atom is -0.491 e. The van der Waals surface area contributed by atoms with Crippen molar-refractivity contribution >= 4 is 29.2 Å². The summed E-state index contributed by atoms with van der Waals surface area (Å²) in [6.45, 7) is 0.415. The number of carboxylic acids is 1. The van der Waals surface area contributed by atoms with E-state index in [2.05, 4.69) is 20.7 Å². The molecule has 3 aromatic rings. The van der Waals surface area contributed by atoms with Crippen molar-refractivity contribution in [1.29, 1.82) is 1.43 Å². The molecule has 3 aromatic carbocycles. The van der Waals surface area contributed by atoms with Gasteiger partial charge in [-0.2, -0.15) is 5.11 Å². The van der Waals surface area contributed by atoms with Crippen LogP contribution in [0.3, 0.4) is 0 Å². The van der Waals surface area contributed by atoms with Gasteiger partial charge in [-0.25, -0.2) is 4.79 Å². The first-order chi connectivity index (χ1) is 18.0. The lowest BCUT2D eigenvalue weighted by Crippen LogP contribution is -2.26. The van der Waals surface area contributed by atoms with Crippen molar-refractivity contribution in [2.24, 2.45) is 10.2 Å². The molecule has 0 aliphatic rings. The highest BCUT2D eigenvalue weighted by atomic mass is 16.5. The van der Waals surface area contributed by atoms with E-state index in [9.17, 15) is 14.4 Å². The number of carbonyl (C=O) groups is 3. The van der Waals surface area contributed by atoms with Gasteiger partial charge in [0.25, 0.3) is 5.91 Å². The number of aliphatic carboxylic acids is 1. The molecule has 0 aliphatic carbocycles. The van der Waals surface area contributed by atoms with Crippen molar-refractivity contribution < 1.29 is 34.1 Å². The Morgan fingerprint density at radius 1 is 0.944 bits per heavy atom. The Kier molecular flexibility index (Phi) is 9.11. The first-order valence-electron chi connectivity index (χ1n) is 11.5. The van der Waals surface area contributed by atoms with Crippen molar-refractivity contribution in [3.63, 3.8) is 0 Å². The molecule has 0 aliphatic heterocycles. The van der Waals surface area contributed by atoms with Gasteiger partial charge in [-0.1, -0.05) is 18.2 Å². The van der Waals surface area contributed by atoms with E-state index < -0.39 is 11.9 Å². The number of carboxylic acid groups (broad SMARTS) is 1. The number of ether oxygens (including phenoxy) is 2. The van der Waals surface area contributed by atoms with Crippen LogP contribution in [0.4, 0.5) is 11.4 Å². The molecule has 0 aromatic heterocycles. The van der Waals surface area contributed by atoms with Crippen LogP contribution in [0, 0.1) is 0 Å². The van der Waals surface area contributed by atoms with Gasteiger partial charge >= 0.3 is 11.9 Å². The van der Waals surface area contributed by atoms with Gasteiger partial charge in [0, 0.05) is 24.6 Å². The summed E-state index contributed by atoms with van der Waals surface area (Å²) in [6, 6.07) is 19.5. The topological polar surface area (TPSA) is 147 Å². The van der Waals surface area contributed by atoms with E-state index in [1.807, 2.05) is 0 Å². The van der Waals surface area contributed by atoms with Crippen LogP contribution in [-0.2, 0) is 4.79 Å². The number of carbonyl (C=O) groups excluding carboxylic acids is 2. The summed E-state index contributed by atoms with van der Waals surface area (Å²) in [5.41, 5.74) is 1.61. The molecule has 3 rings (SSSR count). The van der Waals surface area contributed by atoms with E-state index in [0.717, 1.165) is 0 Å². The largest absolute Gasteiger partial charge is 0.491 e. The maximum absolute atomic E-state index is 12.4. The zero-order valence-electron chi connectivity index (χ0n) is 20.3. The summed E-state index contributed by atoms with van der Waals surface area (Å²) in [5, 5.41) is 24.0. The van der Waals surface area contributed by atoms with Crippen LogP contribution >= 0.6 is 0 Å². The third-order valence-corrected chi connectivity index (χ3v) is 4.73. The summed E-state index contributed by atoms with van der Waals surface area (Å²) in [5.74, 6) is -1.29. The number of azo groups is 1. The smallest absolute Gasteiger partial charge is 0.343 e. The number of amides is 1. The third kappa shape index (κ3) is 8.03. The molecule has 0 fully saturated rings. The van der Waals surface area contributed by atoms with E-state index in [1.54, 1.807) is 66.7 Å². The van der Waals surface area contributed by atoms with Crippen LogP contribution in [-0.4, -0.2) is 49.3 Å². The molecule has 0 spiro atoms. The average Bonchev–Trinajstić information content (AvgIpc) is 2.91. The van der Waals surface area contributed by atoms with Gasteiger partial charge in [0.1, 0.15) is 11.4 Å². The number of nitrogens with one attached hydrogen (secondary N) is 1. The number of hydrogen-bond donors (Lipinski definition) is 3. The maximum atomic E-state index is 12.4. The fourth-order valence-electron chi connectivity index (χ4n) is 2.96. The van der Waals surface area contributed by atoms with Crippen LogP contribution in [0.5, 0.6) is 11.5 Å². The average molecular weight is 493 g/mol. The standard InChI is InChI=1S/C26H25N3O7/c30-15-14-27-25(33)18-8-10-20(11-9-18)28-29-22-13-12-21(17-23(22)35-16-4-7-24(31)32)36-26(34)19-5-2-1-3-6-19/h1-3,5-6,8-13,17,30H,4,7,14-16H2,(H,27,33)(H,31,32)/i30D. The number of esters is 1. The number of aliphatic hydroxyl groups is 1. The molecule has 0 bridgehead atoms. The lowest BCUT2D eigenvalue weighted by atomic mass is 10.2. The minimum atomic E-state index is -0.934. The molecule has 0 saturated heterocycles. The van der Waals surface area contributed by atoms with Crippen LogP contribution in [0.25, 0.3) is 0 Å². The summed E-state index contributed by atoms with van der Waals surface area (Å²) in [6.07, 6.45) is 0.215. The molecule has 3 N–H and O–H groups in total. The highest BCUT2D eigenvalue weighted by molar-refractivity contribution is 5.94. The molecule has 10 nitrogen and oxygen atoms in total. The van der Waals surface area contributed by atoms with E-state index in [4.69, 9.17) is 16.0 Å². The highest BCUT2D eigenvalue weighted by Crippen LogP contribution is 2.33. The lowest BCUT2D eigenvalue weighted by Gasteiger charge is -2.10. The van der Waals surface area contributed by atoms with Gasteiger partial charge in [-0.15, -0.1) is 5.11 Å².